The summed E-state index contributed by atoms with van der Waals surface area (Å²) in [5.74, 6) is -1.06. The third kappa shape index (κ3) is 5.50. The Labute approximate surface area is 163 Å². The van der Waals surface area contributed by atoms with Gasteiger partial charge in [-0.05, 0) is 25.3 Å². The number of imidazole rings is 1. The average molecular weight is 383 g/mol. The van der Waals surface area contributed by atoms with Crippen LogP contribution in [-0.2, 0) is 27.2 Å². The van der Waals surface area contributed by atoms with Crippen molar-refractivity contribution in [3.8, 4) is 0 Å². The van der Waals surface area contributed by atoms with E-state index in [9.17, 15) is 14.4 Å². The normalized spacial score (nSPS) is 18.3. The maximum absolute atomic E-state index is 12.8. The van der Waals surface area contributed by atoms with Gasteiger partial charge in [-0.15, -0.1) is 0 Å². The quantitative estimate of drug-likeness (QED) is 0.529. The number of amides is 3. The number of rotatable bonds is 8. The second-order valence-corrected chi connectivity index (χ2v) is 7.10. The summed E-state index contributed by atoms with van der Waals surface area (Å²) in [5.41, 5.74) is 1.95. The van der Waals surface area contributed by atoms with E-state index in [0.29, 0.717) is 19.3 Å². The van der Waals surface area contributed by atoms with Crippen LogP contribution < -0.4 is 16.0 Å². The standard InChI is InChI=1S/C20H25N5O3/c1-13(9-14-5-3-2-4-6-14)23-17(10-15-11-21-12-22-15)20(28)25-19(27)16-7-8-18(26)24-16/h2-6,11-13,16-17,23H,7-10H2,1H3,(H,21,22)(H,24,26)(H,25,27,28). The van der Waals surface area contributed by atoms with Crippen LogP contribution >= 0.6 is 0 Å². The fourth-order valence-corrected chi connectivity index (χ4v) is 3.32. The lowest BCUT2D eigenvalue weighted by Gasteiger charge is -2.23. The maximum atomic E-state index is 12.8. The fraction of sp³-hybridized carbons (Fsp3) is 0.400. The minimum absolute atomic E-state index is 0.0161. The Balaban J connectivity index is 1.62. The number of imide groups is 1. The highest BCUT2D eigenvalue weighted by Crippen LogP contribution is 2.08. The molecule has 1 aromatic heterocycles. The van der Waals surface area contributed by atoms with E-state index in [4.69, 9.17) is 0 Å². The highest BCUT2D eigenvalue weighted by atomic mass is 16.2. The van der Waals surface area contributed by atoms with E-state index in [-0.39, 0.29) is 11.9 Å². The molecule has 3 atom stereocenters. The number of aromatic nitrogens is 2. The predicted molar refractivity (Wildman–Crippen MR) is 103 cm³/mol. The van der Waals surface area contributed by atoms with Crippen LogP contribution in [0, 0.1) is 0 Å². The lowest BCUT2D eigenvalue weighted by molar-refractivity contribution is -0.133. The van der Waals surface area contributed by atoms with Gasteiger partial charge in [0.2, 0.25) is 17.7 Å². The first-order valence-electron chi connectivity index (χ1n) is 9.42. The molecule has 28 heavy (non-hydrogen) atoms. The second kappa shape index (κ2) is 9.27. The highest BCUT2D eigenvalue weighted by Gasteiger charge is 2.30. The topological polar surface area (TPSA) is 116 Å². The van der Waals surface area contributed by atoms with Crippen molar-refractivity contribution >= 4 is 17.7 Å². The molecule has 148 valence electrons. The van der Waals surface area contributed by atoms with Crippen molar-refractivity contribution in [2.45, 2.75) is 50.7 Å². The minimum atomic E-state index is -0.647. The largest absolute Gasteiger partial charge is 0.348 e. The van der Waals surface area contributed by atoms with Gasteiger partial charge in [0.1, 0.15) is 6.04 Å². The first kappa shape index (κ1) is 19.8. The molecule has 1 fully saturated rings. The number of nitrogens with one attached hydrogen (secondary N) is 4. The fourth-order valence-electron chi connectivity index (χ4n) is 3.32. The molecular formula is C20H25N5O3. The van der Waals surface area contributed by atoms with E-state index in [1.54, 1.807) is 12.5 Å². The molecule has 4 N–H and O–H groups in total. The molecular weight excluding hydrogens is 358 g/mol. The zero-order chi connectivity index (χ0) is 19.9. The number of hydrogen-bond acceptors (Lipinski definition) is 5. The number of aromatic amines is 1. The molecule has 0 bridgehead atoms. The zero-order valence-corrected chi connectivity index (χ0v) is 15.8. The maximum Gasteiger partial charge on any atom is 0.249 e. The van der Waals surface area contributed by atoms with Crippen LogP contribution in [0.4, 0.5) is 0 Å². The average Bonchev–Trinajstić information content (AvgIpc) is 3.33. The SMILES string of the molecule is CC(Cc1ccccc1)NC(Cc1cnc[nH]1)C(=O)NC(=O)C1CCC(=O)N1. The molecule has 1 saturated heterocycles. The van der Waals surface area contributed by atoms with Crippen molar-refractivity contribution in [3.63, 3.8) is 0 Å². The number of benzene rings is 1. The van der Waals surface area contributed by atoms with Crippen molar-refractivity contribution in [3.05, 3.63) is 54.1 Å². The summed E-state index contributed by atoms with van der Waals surface area (Å²) in [6.07, 6.45) is 5.03. The molecule has 3 amide bonds. The molecule has 3 unspecified atom stereocenters. The van der Waals surface area contributed by atoms with Crippen molar-refractivity contribution in [1.29, 1.82) is 0 Å². The molecule has 0 radical (unpaired) electrons. The third-order valence-electron chi connectivity index (χ3n) is 4.72. The summed E-state index contributed by atoms with van der Waals surface area (Å²) in [6, 6.07) is 8.75. The number of hydrogen-bond donors (Lipinski definition) is 4. The predicted octanol–water partition coefficient (Wildman–Crippen LogP) is 0.463. The molecule has 0 spiro atoms. The van der Waals surface area contributed by atoms with Crippen LogP contribution in [-0.4, -0.2) is 45.8 Å². The first-order chi connectivity index (χ1) is 13.5. The van der Waals surface area contributed by atoms with Gasteiger partial charge in [-0.2, -0.15) is 0 Å². The van der Waals surface area contributed by atoms with Gasteiger partial charge in [0, 0.05) is 30.8 Å². The molecule has 1 aliphatic rings. The monoisotopic (exact) mass is 383 g/mol. The molecule has 1 aromatic carbocycles. The molecule has 0 aliphatic carbocycles. The van der Waals surface area contributed by atoms with Crippen molar-refractivity contribution in [1.82, 2.24) is 25.9 Å². The summed E-state index contributed by atoms with van der Waals surface area (Å²) in [4.78, 5) is 43.3. The van der Waals surface area contributed by atoms with Gasteiger partial charge in [0.25, 0.3) is 0 Å². The van der Waals surface area contributed by atoms with E-state index in [1.807, 2.05) is 37.3 Å². The van der Waals surface area contributed by atoms with Crippen LogP contribution in [0.1, 0.15) is 31.0 Å². The first-order valence-corrected chi connectivity index (χ1v) is 9.42. The van der Waals surface area contributed by atoms with Crippen LogP contribution in [0.5, 0.6) is 0 Å². The van der Waals surface area contributed by atoms with Crippen molar-refractivity contribution < 1.29 is 14.4 Å². The molecule has 0 saturated carbocycles. The zero-order valence-electron chi connectivity index (χ0n) is 15.8. The van der Waals surface area contributed by atoms with Crippen molar-refractivity contribution in [2.75, 3.05) is 0 Å². The Morgan fingerprint density at radius 2 is 2.04 bits per heavy atom. The van der Waals surface area contributed by atoms with Crippen LogP contribution in [0.3, 0.4) is 0 Å². The van der Waals surface area contributed by atoms with E-state index >= 15 is 0 Å². The third-order valence-corrected chi connectivity index (χ3v) is 4.72. The van der Waals surface area contributed by atoms with Crippen LogP contribution in [0.25, 0.3) is 0 Å². The molecule has 2 heterocycles. The Morgan fingerprint density at radius 1 is 1.25 bits per heavy atom. The van der Waals surface area contributed by atoms with Gasteiger partial charge < -0.3 is 15.6 Å². The van der Waals surface area contributed by atoms with E-state index < -0.39 is 23.9 Å². The molecule has 8 nitrogen and oxygen atoms in total. The summed E-state index contributed by atoms with van der Waals surface area (Å²) in [5, 5.41) is 8.32. The Kier molecular flexibility index (Phi) is 6.54. The smallest absolute Gasteiger partial charge is 0.249 e. The van der Waals surface area contributed by atoms with E-state index in [1.165, 1.54) is 0 Å². The minimum Gasteiger partial charge on any atom is -0.348 e. The Hall–Kier alpha value is -3.00. The number of carbonyl (C=O) groups is 3. The lowest BCUT2D eigenvalue weighted by atomic mass is 10.0. The van der Waals surface area contributed by atoms with E-state index in [0.717, 1.165) is 17.7 Å². The number of nitrogens with zero attached hydrogens (tertiary/aromatic N) is 1. The van der Waals surface area contributed by atoms with Gasteiger partial charge in [-0.3, -0.25) is 19.7 Å². The molecule has 2 aromatic rings. The molecule has 1 aliphatic heterocycles. The molecule has 3 rings (SSSR count). The Bertz CT molecular complexity index is 807. The number of H-pyrrole nitrogens is 1. The van der Waals surface area contributed by atoms with Crippen LogP contribution in [0.2, 0.25) is 0 Å². The Morgan fingerprint density at radius 3 is 2.68 bits per heavy atom. The second-order valence-electron chi connectivity index (χ2n) is 7.10. The van der Waals surface area contributed by atoms with Gasteiger partial charge in [-0.25, -0.2) is 4.98 Å². The van der Waals surface area contributed by atoms with Crippen LogP contribution in [0.15, 0.2) is 42.9 Å². The summed E-state index contributed by atoms with van der Waals surface area (Å²) >= 11 is 0. The summed E-state index contributed by atoms with van der Waals surface area (Å²) in [6.45, 7) is 2.00. The van der Waals surface area contributed by atoms with Gasteiger partial charge in [0.05, 0.1) is 12.4 Å². The summed E-state index contributed by atoms with van der Waals surface area (Å²) < 4.78 is 0. The van der Waals surface area contributed by atoms with Gasteiger partial charge >= 0.3 is 0 Å². The highest BCUT2D eigenvalue weighted by molar-refractivity contribution is 6.02. The lowest BCUT2D eigenvalue weighted by Crippen LogP contribution is -2.53. The summed E-state index contributed by atoms with van der Waals surface area (Å²) in [7, 11) is 0. The number of carbonyl (C=O) groups excluding carboxylic acids is 3. The van der Waals surface area contributed by atoms with Gasteiger partial charge in [-0.1, -0.05) is 30.3 Å². The molecule has 8 heteroatoms. The van der Waals surface area contributed by atoms with Crippen molar-refractivity contribution in [2.24, 2.45) is 0 Å². The van der Waals surface area contributed by atoms with E-state index in [2.05, 4.69) is 25.9 Å². The van der Waals surface area contributed by atoms with Gasteiger partial charge in [0.15, 0.2) is 0 Å².